The van der Waals surface area contributed by atoms with Crippen molar-refractivity contribution in [3.05, 3.63) is 32.9 Å². The van der Waals surface area contributed by atoms with E-state index in [1.165, 1.54) is 0 Å². The molecule has 122 valence electrons. The van der Waals surface area contributed by atoms with Crippen LogP contribution in [0.2, 0.25) is 0 Å². The maximum Gasteiger partial charge on any atom is 0.328 e. The lowest BCUT2D eigenvalue weighted by Gasteiger charge is -2.19. The standard InChI is InChI=1S/C13H18FN3O5/c1-3-7(4-2)10(18)15-9(12(20)21)6-17-5-8(14)11(19)16-13(17)22/h5,7,9H,3-4,6H2,1-2H3,(H,15,18)(H,20,21)(H,16,19,22)/t9-/m0/s1. The van der Waals surface area contributed by atoms with Crippen LogP contribution in [-0.4, -0.2) is 32.6 Å². The number of aliphatic carboxylic acids is 1. The van der Waals surface area contributed by atoms with Crippen LogP contribution in [0.4, 0.5) is 4.39 Å². The fourth-order valence-corrected chi connectivity index (χ4v) is 1.95. The summed E-state index contributed by atoms with van der Waals surface area (Å²) >= 11 is 0. The molecule has 1 aromatic rings. The Morgan fingerprint density at radius 3 is 2.45 bits per heavy atom. The smallest absolute Gasteiger partial charge is 0.328 e. The number of carbonyl (C=O) groups is 2. The van der Waals surface area contributed by atoms with Crippen molar-refractivity contribution >= 4 is 11.9 Å². The molecule has 0 saturated heterocycles. The van der Waals surface area contributed by atoms with Crippen LogP contribution in [0.15, 0.2) is 15.8 Å². The topological polar surface area (TPSA) is 121 Å². The molecule has 0 unspecified atom stereocenters. The van der Waals surface area contributed by atoms with Crippen molar-refractivity contribution in [2.75, 3.05) is 0 Å². The Morgan fingerprint density at radius 2 is 1.95 bits per heavy atom. The van der Waals surface area contributed by atoms with E-state index in [0.29, 0.717) is 23.6 Å². The number of rotatable bonds is 7. The molecule has 0 bridgehead atoms. The third-order valence-corrected chi connectivity index (χ3v) is 3.32. The second kappa shape index (κ2) is 7.53. The Morgan fingerprint density at radius 1 is 1.36 bits per heavy atom. The monoisotopic (exact) mass is 315 g/mol. The molecule has 9 heteroatoms. The highest BCUT2D eigenvalue weighted by atomic mass is 19.1. The van der Waals surface area contributed by atoms with Crippen molar-refractivity contribution in [2.24, 2.45) is 5.92 Å². The fraction of sp³-hybridized carbons (Fsp3) is 0.538. The van der Waals surface area contributed by atoms with Crippen molar-refractivity contribution in [3.8, 4) is 0 Å². The predicted octanol–water partition coefficient (Wildman–Crippen LogP) is -0.319. The van der Waals surface area contributed by atoms with Gasteiger partial charge < -0.3 is 10.4 Å². The van der Waals surface area contributed by atoms with E-state index in [4.69, 9.17) is 5.11 Å². The lowest BCUT2D eigenvalue weighted by molar-refractivity contribution is -0.143. The van der Waals surface area contributed by atoms with Crippen LogP contribution in [0.1, 0.15) is 26.7 Å². The van der Waals surface area contributed by atoms with Crippen LogP contribution < -0.4 is 16.6 Å². The van der Waals surface area contributed by atoms with Gasteiger partial charge in [0.15, 0.2) is 0 Å². The third kappa shape index (κ3) is 4.27. The van der Waals surface area contributed by atoms with Gasteiger partial charge in [-0.1, -0.05) is 13.8 Å². The molecule has 0 radical (unpaired) electrons. The largest absolute Gasteiger partial charge is 0.480 e. The number of nitrogens with zero attached hydrogens (tertiary/aromatic N) is 1. The van der Waals surface area contributed by atoms with Crippen LogP contribution in [0.3, 0.4) is 0 Å². The van der Waals surface area contributed by atoms with Crippen molar-refractivity contribution in [1.82, 2.24) is 14.9 Å². The minimum absolute atomic E-state index is 0.342. The van der Waals surface area contributed by atoms with E-state index in [-0.39, 0.29) is 5.92 Å². The first-order valence-corrected chi connectivity index (χ1v) is 6.82. The van der Waals surface area contributed by atoms with Gasteiger partial charge in [0, 0.05) is 5.92 Å². The van der Waals surface area contributed by atoms with E-state index in [2.05, 4.69) is 5.32 Å². The normalized spacial score (nSPS) is 12.2. The summed E-state index contributed by atoms with van der Waals surface area (Å²) in [5.74, 6) is -3.37. The molecular formula is C13H18FN3O5. The van der Waals surface area contributed by atoms with Gasteiger partial charge in [-0.15, -0.1) is 0 Å². The zero-order chi connectivity index (χ0) is 16.9. The van der Waals surface area contributed by atoms with Crippen molar-refractivity contribution < 1.29 is 19.1 Å². The molecular weight excluding hydrogens is 297 g/mol. The molecule has 1 amide bonds. The number of aromatic nitrogens is 2. The highest BCUT2D eigenvalue weighted by molar-refractivity contribution is 5.84. The number of carboxylic acid groups (broad SMARTS) is 1. The second-order valence-electron chi connectivity index (χ2n) is 4.80. The number of hydrogen-bond donors (Lipinski definition) is 3. The molecule has 0 aliphatic carbocycles. The van der Waals surface area contributed by atoms with Crippen LogP contribution in [-0.2, 0) is 16.1 Å². The van der Waals surface area contributed by atoms with Crippen LogP contribution >= 0.6 is 0 Å². The van der Waals surface area contributed by atoms with E-state index < -0.39 is 41.5 Å². The SMILES string of the molecule is CCC(CC)C(=O)N[C@@H](Cn1cc(F)c(=O)[nH]c1=O)C(=O)O. The van der Waals surface area contributed by atoms with E-state index in [1.807, 2.05) is 0 Å². The van der Waals surface area contributed by atoms with Gasteiger partial charge in [0.05, 0.1) is 12.7 Å². The summed E-state index contributed by atoms with van der Waals surface area (Å²) in [5, 5.41) is 11.4. The van der Waals surface area contributed by atoms with Gasteiger partial charge >= 0.3 is 11.7 Å². The van der Waals surface area contributed by atoms with Gasteiger partial charge in [0.2, 0.25) is 11.7 Å². The Kier molecular flexibility index (Phi) is 6.02. The molecule has 0 spiro atoms. The average Bonchev–Trinajstić information content (AvgIpc) is 2.44. The van der Waals surface area contributed by atoms with E-state index in [9.17, 15) is 23.6 Å². The third-order valence-electron chi connectivity index (χ3n) is 3.32. The van der Waals surface area contributed by atoms with Gasteiger partial charge in [-0.2, -0.15) is 4.39 Å². The van der Waals surface area contributed by atoms with E-state index >= 15 is 0 Å². The molecule has 0 fully saturated rings. The highest BCUT2D eigenvalue weighted by Gasteiger charge is 2.24. The molecule has 1 aromatic heterocycles. The van der Waals surface area contributed by atoms with E-state index in [1.54, 1.807) is 18.8 Å². The number of carbonyl (C=O) groups excluding carboxylic acids is 1. The molecule has 0 saturated carbocycles. The van der Waals surface area contributed by atoms with Gasteiger partial charge in [-0.05, 0) is 12.8 Å². The molecule has 1 heterocycles. The number of nitrogens with one attached hydrogen (secondary N) is 2. The molecule has 1 atom stereocenters. The first-order valence-electron chi connectivity index (χ1n) is 6.82. The maximum absolute atomic E-state index is 13.2. The minimum atomic E-state index is -1.41. The summed E-state index contributed by atoms with van der Waals surface area (Å²) in [4.78, 5) is 47.3. The lowest BCUT2D eigenvalue weighted by Crippen LogP contribution is -2.48. The molecule has 8 nitrogen and oxygen atoms in total. The highest BCUT2D eigenvalue weighted by Crippen LogP contribution is 2.08. The molecule has 1 rings (SSSR count). The Bertz CT molecular complexity index is 662. The number of carboxylic acids is 1. The predicted molar refractivity (Wildman–Crippen MR) is 74.9 cm³/mol. The van der Waals surface area contributed by atoms with Crippen LogP contribution in [0, 0.1) is 11.7 Å². The molecule has 0 aliphatic rings. The van der Waals surface area contributed by atoms with E-state index in [0.717, 1.165) is 0 Å². The lowest BCUT2D eigenvalue weighted by atomic mass is 10.0. The quantitative estimate of drug-likeness (QED) is 0.637. The summed E-state index contributed by atoms with van der Waals surface area (Å²) < 4.78 is 13.9. The molecule has 3 N–H and O–H groups in total. The summed E-state index contributed by atoms with van der Waals surface area (Å²) in [5.41, 5.74) is -2.14. The number of halogens is 1. The molecule has 0 aliphatic heterocycles. The summed E-state index contributed by atoms with van der Waals surface area (Å²) in [6, 6.07) is -1.41. The number of amides is 1. The zero-order valence-electron chi connectivity index (χ0n) is 12.3. The number of aromatic amines is 1. The van der Waals surface area contributed by atoms with Crippen molar-refractivity contribution in [3.63, 3.8) is 0 Å². The molecule has 22 heavy (non-hydrogen) atoms. The van der Waals surface area contributed by atoms with Gasteiger partial charge in [0.1, 0.15) is 6.04 Å². The first-order chi connectivity index (χ1) is 10.3. The van der Waals surface area contributed by atoms with Crippen LogP contribution in [0.25, 0.3) is 0 Å². The number of H-pyrrole nitrogens is 1. The van der Waals surface area contributed by atoms with Gasteiger partial charge in [-0.25, -0.2) is 9.59 Å². The van der Waals surface area contributed by atoms with Crippen LogP contribution in [0.5, 0.6) is 0 Å². The zero-order valence-corrected chi connectivity index (χ0v) is 12.3. The fourth-order valence-electron chi connectivity index (χ4n) is 1.95. The van der Waals surface area contributed by atoms with Crippen molar-refractivity contribution in [1.29, 1.82) is 0 Å². The summed E-state index contributed by atoms with van der Waals surface area (Å²) in [6.07, 6.45) is 1.70. The van der Waals surface area contributed by atoms with Gasteiger partial charge in [0.25, 0.3) is 5.56 Å². The average molecular weight is 315 g/mol. The summed E-state index contributed by atoms with van der Waals surface area (Å²) in [6.45, 7) is 3.10. The first kappa shape index (κ1) is 17.6. The minimum Gasteiger partial charge on any atom is -0.480 e. The molecule has 0 aromatic carbocycles. The summed E-state index contributed by atoms with van der Waals surface area (Å²) in [7, 11) is 0. The second-order valence-corrected chi connectivity index (χ2v) is 4.80. The Labute approximate surface area is 125 Å². The Balaban J connectivity index is 2.97. The van der Waals surface area contributed by atoms with Crippen molar-refractivity contribution in [2.45, 2.75) is 39.3 Å². The van der Waals surface area contributed by atoms with Gasteiger partial charge in [-0.3, -0.25) is 19.1 Å². The number of hydrogen-bond acceptors (Lipinski definition) is 4. The maximum atomic E-state index is 13.2. The Hall–Kier alpha value is -2.45.